The molecule has 6 nitrogen and oxygen atoms in total. The Morgan fingerprint density at radius 3 is 2.38 bits per heavy atom. The number of carbonyl (C=O) groups excluding carboxylic acids is 1. The molecule has 6 heteroatoms. The number of allylic oxidation sites excluding steroid dienone is 1. The zero-order chi connectivity index (χ0) is 23.4. The lowest BCUT2D eigenvalue weighted by Crippen LogP contribution is -2.52. The van der Waals surface area contributed by atoms with Crippen molar-refractivity contribution in [2.45, 2.75) is 70.4 Å². The van der Waals surface area contributed by atoms with Crippen LogP contribution in [0.25, 0.3) is 0 Å². The summed E-state index contributed by atoms with van der Waals surface area (Å²) in [5, 5.41) is 4.87. The van der Waals surface area contributed by atoms with E-state index in [-0.39, 0.29) is 5.91 Å². The van der Waals surface area contributed by atoms with E-state index in [9.17, 15) is 4.79 Å². The van der Waals surface area contributed by atoms with Gasteiger partial charge in [0.05, 0.1) is 6.54 Å². The van der Waals surface area contributed by atoms with Gasteiger partial charge in [-0.15, -0.1) is 6.58 Å². The van der Waals surface area contributed by atoms with Gasteiger partial charge in [-0.25, -0.2) is 0 Å². The topological polar surface area (TPSA) is 44.6 Å². The summed E-state index contributed by atoms with van der Waals surface area (Å²) >= 11 is 0. The predicted octanol–water partition coefficient (Wildman–Crippen LogP) is 3.46. The van der Waals surface area contributed by atoms with Crippen LogP contribution in [0.3, 0.4) is 0 Å². The van der Waals surface area contributed by atoms with Crippen LogP contribution in [0.5, 0.6) is 0 Å². The Labute approximate surface area is 205 Å². The first-order valence-electron chi connectivity index (χ1n) is 13.8. The van der Waals surface area contributed by atoms with Gasteiger partial charge in [0, 0.05) is 50.0 Å². The molecule has 1 saturated heterocycles. The zero-order valence-corrected chi connectivity index (χ0v) is 21.3. The van der Waals surface area contributed by atoms with Crippen LogP contribution in [0.4, 0.5) is 0 Å². The fourth-order valence-corrected chi connectivity index (χ4v) is 8.79. The monoisotopic (exact) mass is 465 g/mol. The Hall–Kier alpha value is -1.66. The number of hydrogen-bond acceptors (Lipinski definition) is 4. The first-order valence-corrected chi connectivity index (χ1v) is 13.8. The second-order valence-electron chi connectivity index (χ2n) is 12.6. The third-order valence-electron chi connectivity index (χ3n) is 9.99. The molecule has 7 rings (SSSR count). The van der Waals surface area contributed by atoms with E-state index in [4.69, 9.17) is 5.10 Å². The van der Waals surface area contributed by atoms with Crippen molar-refractivity contribution in [3.05, 3.63) is 29.6 Å². The van der Waals surface area contributed by atoms with Crippen molar-refractivity contribution >= 4 is 5.91 Å². The standard InChI is InChI=1S/C28H43N5O/c1-4-7-33-25-6-5-23(15-24(25)26(29-33)27(34)32-10-8-30(2)9-11-32)31(3)19-28-16-20-12-21(17-28)14-22(13-20)18-28/h4,20-23H,1,5-19H2,2-3H3. The van der Waals surface area contributed by atoms with Crippen LogP contribution < -0.4 is 0 Å². The van der Waals surface area contributed by atoms with Gasteiger partial charge in [-0.2, -0.15) is 5.10 Å². The SMILES string of the molecule is C=CCn1nc(C(=O)N2CCN(C)CC2)c2c1CCC(N(C)CC13CC4CC(CC(C4)C1)C3)C2. The predicted molar refractivity (Wildman–Crippen MR) is 135 cm³/mol. The Kier molecular flexibility index (Phi) is 5.88. The summed E-state index contributed by atoms with van der Waals surface area (Å²) < 4.78 is 2.06. The highest BCUT2D eigenvalue weighted by Gasteiger charge is 2.51. The van der Waals surface area contributed by atoms with Crippen LogP contribution >= 0.6 is 0 Å². The van der Waals surface area contributed by atoms with Gasteiger partial charge in [-0.05, 0) is 95.1 Å². The van der Waals surface area contributed by atoms with Crippen LogP contribution in [0.1, 0.15) is 66.7 Å². The first-order chi connectivity index (χ1) is 16.4. The molecule has 1 aliphatic heterocycles. The summed E-state index contributed by atoms with van der Waals surface area (Å²) in [4.78, 5) is 20.6. The van der Waals surface area contributed by atoms with Crippen LogP contribution in [0, 0.1) is 23.2 Å². The average molecular weight is 466 g/mol. The molecule has 5 aliphatic carbocycles. The van der Waals surface area contributed by atoms with Crippen LogP contribution in [0.2, 0.25) is 0 Å². The van der Waals surface area contributed by atoms with Crippen molar-refractivity contribution < 1.29 is 4.79 Å². The number of hydrogen-bond donors (Lipinski definition) is 0. The van der Waals surface area contributed by atoms with Gasteiger partial charge in [0.1, 0.15) is 0 Å². The molecule has 1 aromatic heterocycles. The van der Waals surface area contributed by atoms with Gasteiger partial charge in [0.15, 0.2) is 5.69 Å². The maximum absolute atomic E-state index is 13.6. The number of piperazine rings is 1. The van der Waals surface area contributed by atoms with Crippen molar-refractivity contribution in [1.29, 1.82) is 0 Å². The molecular formula is C28H43N5O. The average Bonchev–Trinajstić information content (AvgIpc) is 3.16. The molecule has 2 heterocycles. The highest BCUT2D eigenvalue weighted by atomic mass is 16.2. The second kappa shape index (κ2) is 8.77. The largest absolute Gasteiger partial charge is 0.335 e. The Morgan fingerprint density at radius 1 is 1.12 bits per heavy atom. The number of likely N-dealkylation sites (N-methyl/N-ethyl adjacent to an activating group) is 2. The fourth-order valence-electron chi connectivity index (χ4n) is 8.79. The number of fused-ring (bicyclic) bond motifs is 1. The molecule has 0 radical (unpaired) electrons. The van der Waals surface area contributed by atoms with Gasteiger partial charge < -0.3 is 14.7 Å². The normalized spacial score (nSPS) is 35.1. The molecule has 186 valence electrons. The van der Waals surface area contributed by atoms with E-state index in [2.05, 4.69) is 35.2 Å². The van der Waals surface area contributed by atoms with E-state index >= 15 is 0 Å². The lowest BCUT2D eigenvalue weighted by atomic mass is 9.49. The Morgan fingerprint density at radius 2 is 1.76 bits per heavy atom. The van der Waals surface area contributed by atoms with E-state index in [0.717, 1.165) is 56.8 Å². The molecular weight excluding hydrogens is 422 g/mol. The fraction of sp³-hybridized carbons (Fsp3) is 0.786. The highest BCUT2D eigenvalue weighted by molar-refractivity contribution is 5.94. The van der Waals surface area contributed by atoms with E-state index in [1.54, 1.807) is 0 Å². The van der Waals surface area contributed by atoms with Gasteiger partial charge in [-0.3, -0.25) is 9.48 Å². The Balaban J connectivity index is 1.20. The van der Waals surface area contributed by atoms with Crippen LogP contribution in [-0.4, -0.2) is 83.2 Å². The number of amides is 1. The third-order valence-corrected chi connectivity index (χ3v) is 9.99. The maximum atomic E-state index is 13.6. The number of nitrogens with zero attached hydrogens (tertiary/aromatic N) is 5. The summed E-state index contributed by atoms with van der Waals surface area (Å²) in [6, 6.07) is 0.515. The van der Waals surface area contributed by atoms with Crippen molar-refractivity contribution in [3.8, 4) is 0 Å². The molecule has 6 aliphatic rings. The molecule has 0 spiro atoms. The number of carbonyl (C=O) groups is 1. The minimum absolute atomic E-state index is 0.136. The van der Waals surface area contributed by atoms with Crippen LogP contribution in [-0.2, 0) is 19.4 Å². The maximum Gasteiger partial charge on any atom is 0.274 e. The molecule has 34 heavy (non-hydrogen) atoms. The number of aromatic nitrogens is 2. The first kappa shape index (κ1) is 22.8. The molecule has 1 aromatic rings. The van der Waals surface area contributed by atoms with Gasteiger partial charge in [-0.1, -0.05) is 6.08 Å². The van der Waals surface area contributed by atoms with Crippen molar-refractivity contribution in [2.75, 3.05) is 46.8 Å². The smallest absolute Gasteiger partial charge is 0.274 e. The molecule has 0 N–H and O–H groups in total. The molecule has 5 fully saturated rings. The van der Waals surface area contributed by atoms with E-state index < -0.39 is 0 Å². The lowest BCUT2D eigenvalue weighted by molar-refractivity contribution is -0.0712. The quantitative estimate of drug-likeness (QED) is 0.604. The van der Waals surface area contributed by atoms with Crippen molar-refractivity contribution in [1.82, 2.24) is 24.5 Å². The Bertz CT molecular complexity index is 908. The van der Waals surface area contributed by atoms with Crippen molar-refractivity contribution in [2.24, 2.45) is 23.2 Å². The molecule has 1 atom stereocenters. The lowest BCUT2D eigenvalue weighted by Gasteiger charge is -2.58. The minimum Gasteiger partial charge on any atom is -0.335 e. The molecule has 0 aromatic carbocycles. The highest BCUT2D eigenvalue weighted by Crippen LogP contribution is 2.60. The molecule has 4 saturated carbocycles. The third kappa shape index (κ3) is 4.05. The molecule has 1 amide bonds. The van der Waals surface area contributed by atoms with Crippen LogP contribution in [0.15, 0.2) is 12.7 Å². The molecule has 4 bridgehead atoms. The van der Waals surface area contributed by atoms with E-state index in [1.807, 2.05) is 11.0 Å². The van der Waals surface area contributed by atoms with E-state index in [0.29, 0.717) is 23.7 Å². The van der Waals surface area contributed by atoms with Gasteiger partial charge in [0.25, 0.3) is 5.91 Å². The minimum atomic E-state index is 0.136. The summed E-state index contributed by atoms with van der Waals surface area (Å²) in [6.07, 6.45) is 14.0. The molecule has 1 unspecified atom stereocenters. The summed E-state index contributed by atoms with van der Waals surface area (Å²) in [5.41, 5.74) is 3.78. The van der Waals surface area contributed by atoms with Crippen molar-refractivity contribution in [3.63, 3.8) is 0 Å². The zero-order valence-electron chi connectivity index (χ0n) is 21.3. The van der Waals surface area contributed by atoms with Gasteiger partial charge in [0.2, 0.25) is 0 Å². The van der Waals surface area contributed by atoms with Gasteiger partial charge >= 0.3 is 0 Å². The van der Waals surface area contributed by atoms with E-state index in [1.165, 1.54) is 62.7 Å². The summed E-state index contributed by atoms with van der Waals surface area (Å²) in [5.74, 6) is 3.14. The number of rotatable bonds is 6. The summed E-state index contributed by atoms with van der Waals surface area (Å²) in [7, 11) is 4.50. The summed E-state index contributed by atoms with van der Waals surface area (Å²) in [6.45, 7) is 9.35. The second-order valence-corrected chi connectivity index (χ2v) is 12.6.